The lowest BCUT2D eigenvalue weighted by molar-refractivity contribution is 0.745. The Balaban J connectivity index is 1.87. The Morgan fingerprint density at radius 1 is 1.10 bits per heavy atom. The van der Waals surface area contributed by atoms with E-state index in [-0.39, 0.29) is 0 Å². The van der Waals surface area contributed by atoms with Gasteiger partial charge in [-0.2, -0.15) is 26.7 Å². The molecule has 0 saturated carbocycles. The minimum atomic E-state index is 0.414. The topological polar surface area (TPSA) is 92.0 Å². The molecule has 0 aliphatic carbocycles. The van der Waals surface area contributed by atoms with Crippen LogP contribution in [0.4, 0.5) is 17.8 Å². The minimum absolute atomic E-state index is 0.414. The van der Waals surface area contributed by atoms with Crippen molar-refractivity contribution in [2.75, 3.05) is 47.3 Å². The van der Waals surface area contributed by atoms with E-state index in [1.165, 1.54) is 31.4 Å². The molecule has 0 spiro atoms. The Morgan fingerprint density at radius 3 is 2.57 bits per heavy atom. The van der Waals surface area contributed by atoms with Crippen molar-refractivity contribution in [3.63, 3.8) is 0 Å². The highest BCUT2D eigenvalue weighted by Gasteiger charge is 2.17. The number of nitrogens with two attached hydrogens (primary N) is 1. The van der Waals surface area contributed by atoms with E-state index < -0.39 is 0 Å². The molecule has 2 rings (SSSR count). The van der Waals surface area contributed by atoms with Gasteiger partial charge in [0.2, 0.25) is 17.8 Å². The van der Waals surface area contributed by atoms with Crippen LogP contribution in [-0.2, 0) is 0 Å². The Kier molecular flexibility index (Phi) is 6.81. The first-order valence-corrected chi connectivity index (χ1v) is 8.93. The number of nitrogens with zero attached hydrogens (tertiary/aromatic N) is 4. The summed E-state index contributed by atoms with van der Waals surface area (Å²) in [5.41, 5.74) is 2.52. The summed E-state index contributed by atoms with van der Waals surface area (Å²) in [5, 5.41) is 3.27. The molecule has 0 aromatic carbocycles. The lowest BCUT2D eigenvalue weighted by Gasteiger charge is -2.16. The third-order valence-corrected chi connectivity index (χ3v) is 4.15. The Morgan fingerprint density at radius 2 is 1.86 bits per heavy atom. The van der Waals surface area contributed by atoms with Crippen molar-refractivity contribution in [2.45, 2.75) is 32.1 Å². The van der Waals surface area contributed by atoms with Crippen LogP contribution in [0.15, 0.2) is 0 Å². The fourth-order valence-corrected chi connectivity index (χ4v) is 2.81. The highest BCUT2D eigenvalue weighted by Crippen LogP contribution is 2.18. The lowest BCUT2D eigenvalue weighted by Crippen LogP contribution is -2.23. The second kappa shape index (κ2) is 8.89. The van der Waals surface area contributed by atoms with Crippen molar-refractivity contribution in [1.29, 1.82) is 0 Å². The molecule has 1 fully saturated rings. The van der Waals surface area contributed by atoms with Crippen molar-refractivity contribution in [2.24, 2.45) is 5.84 Å². The van der Waals surface area contributed by atoms with Gasteiger partial charge in [0, 0.05) is 19.6 Å². The third kappa shape index (κ3) is 5.20. The monoisotopic (exact) mass is 311 g/mol. The van der Waals surface area contributed by atoms with Crippen molar-refractivity contribution >= 4 is 29.6 Å². The van der Waals surface area contributed by atoms with Gasteiger partial charge >= 0.3 is 0 Å². The molecule has 0 unspecified atom stereocenters. The van der Waals surface area contributed by atoms with Crippen LogP contribution in [0.1, 0.15) is 32.1 Å². The van der Waals surface area contributed by atoms with Crippen LogP contribution in [-0.4, -0.2) is 46.6 Å². The fourth-order valence-electron chi connectivity index (χ4n) is 2.32. The van der Waals surface area contributed by atoms with Gasteiger partial charge in [-0.15, -0.1) is 0 Å². The van der Waals surface area contributed by atoms with Crippen molar-refractivity contribution in [3.05, 3.63) is 0 Å². The Hall–Kier alpha value is -1.28. The van der Waals surface area contributed by atoms with E-state index >= 15 is 0 Å². The summed E-state index contributed by atoms with van der Waals surface area (Å²) < 4.78 is 0. The number of anilines is 3. The molecule has 1 aromatic rings. The van der Waals surface area contributed by atoms with Crippen molar-refractivity contribution < 1.29 is 0 Å². The summed E-state index contributed by atoms with van der Waals surface area (Å²) in [6.45, 7) is 2.88. The van der Waals surface area contributed by atoms with Crippen LogP contribution >= 0.6 is 11.8 Å². The number of hydrogen-bond donors (Lipinski definition) is 3. The molecule has 8 heteroatoms. The molecule has 1 aromatic heterocycles. The molecule has 0 radical (unpaired) electrons. The molecule has 1 saturated heterocycles. The van der Waals surface area contributed by atoms with Crippen LogP contribution in [0.25, 0.3) is 0 Å². The number of thioether (sulfide) groups is 1. The minimum Gasteiger partial charge on any atom is -0.354 e. The quantitative estimate of drug-likeness (QED) is 0.360. The zero-order valence-electron chi connectivity index (χ0n) is 12.6. The molecule has 0 bridgehead atoms. The van der Waals surface area contributed by atoms with Gasteiger partial charge < -0.3 is 10.2 Å². The first-order valence-electron chi connectivity index (χ1n) is 7.54. The van der Waals surface area contributed by atoms with Crippen LogP contribution in [0, 0.1) is 0 Å². The molecule has 0 amide bonds. The smallest absolute Gasteiger partial charge is 0.243 e. The molecule has 1 aliphatic rings. The van der Waals surface area contributed by atoms with Gasteiger partial charge in [-0.05, 0) is 37.7 Å². The second-order valence-corrected chi connectivity index (χ2v) is 6.09. The number of rotatable bonds is 9. The normalized spacial score (nSPS) is 14.5. The number of unbranched alkanes of at least 4 members (excludes halogenated alkanes) is 2. The summed E-state index contributed by atoms with van der Waals surface area (Å²) >= 11 is 1.90. The van der Waals surface area contributed by atoms with Crippen molar-refractivity contribution in [1.82, 2.24) is 15.0 Å². The molecule has 0 atom stereocenters. The number of aromatic nitrogens is 3. The number of hydrazine groups is 1. The average molecular weight is 311 g/mol. The molecule has 4 N–H and O–H groups in total. The van der Waals surface area contributed by atoms with E-state index in [2.05, 4.69) is 36.9 Å². The summed E-state index contributed by atoms with van der Waals surface area (Å²) in [7, 11) is 0. The number of hydrogen-bond acceptors (Lipinski definition) is 8. The van der Waals surface area contributed by atoms with E-state index in [4.69, 9.17) is 5.84 Å². The molecule has 7 nitrogen and oxygen atoms in total. The van der Waals surface area contributed by atoms with E-state index in [0.29, 0.717) is 17.8 Å². The zero-order valence-corrected chi connectivity index (χ0v) is 13.5. The molecular weight excluding hydrogens is 286 g/mol. The van der Waals surface area contributed by atoms with E-state index in [0.717, 1.165) is 26.1 Å². The fraction of sp³-hybridized carbons (Fsp3) is 0.769. The van der Waals surface area contributed by atoms with Gasteiger partial charge in [-0.3, -0.25) is 5.43 Å². The van der Waals surface area contributed by atoms with Gasteiger partial charge in [0.25, 0.3) is 0 Å². The average Bonchev–Trinajstić information content (AvgIpc) is 3.05. The molecule has 2 heterocycles. The van der Waals surface area contributed by atoms with Gasteiger partial charge in [0.15, 0.2) is 0 Å². The largest absolute Gasteiger partial charge is 0.354 e. The predicted octanol–water partition coefficient (Wildman–Crippen LogP) is 1.70. The van der Waals surface area contributed by atoms with E-state index in [1.807, 2.05) is 11.8 Å². The maximum atomic E-state index is 5.44. The van der Waals surface area contributed by atoms with Crippen LogP contribution in [0.5, 0.6) is 0 Å². The first-order chi connectivity index (χ1) is 10.3. The lowest BCUT2D eigenvalue weighted by atomic mass is 10.2. The highest BCUT2D eigenvalue weighted by atomic mass is 32.2. The Bertz CT molecular complexity index is 423. The molecule has 118 valence electrons. The molecule has 1 aliphatic heterocycles. The van der Waals surface area contributed by atoms with Gasteiger partial charge in [0.05, 0.1) is 0 Å². The first kappa shape index (κ1) is 16.1. The standard InChI is InChI=1S/C13H25N7S/c1-21-10-6-2-3-7-15-11-16-12(19-14)18-13(17-11)20-8-4-5-9-20/h2-10,14H2,1H3,(H2,15,16,17,18,19). The third-order valence-electron chi connectivity index (χ3n) is 3.45. The van der Waals surface area contributed by atoms with Gasteiger partial charge in [-0.1, -0.05) is 6.42 Å². The second-order valence-electron chi connectivity index (χ2n) is 5.10. The number of nitrogen functional groups attached to an aromatic ring is 1. The van der Waals surface area contributed by atoms with Gasteiger partial charge in [0.1, 0.15) is 0 Å². The van der Waals surface area contributed by atoms with Crippen LogP contribution < -0.4 is 21.5 Å². The summed E-state index contributed by atoms with van der Waals surface area (Å²) in [5.74, 6) is 8.40. The predicted molar refractivity (Wildman–Crippen MR) is 89.8 cm³/mol. The van der Waals surface area contributed by atoms with E-state index in [9.17, 15) is 0 Å². The maximum absolute atomic E-state index is 5.44. The van der Waals surface area contributed by atoms with Crippen LogP contribution in [0.3, 0.4) is 0 Å². The maximum Gasteiger partial charge on any atom is 0.243 e. The van der Waals surface area contributed by atoms with Gasteiger partial charge in [-0.25, -0.2) is 5.84 Å². The van der Waals surface area contributed by atoms with E-state index in [1.54, 1.807) is 0 Å². The highest BCUT2D eigenvalue weighted by molar-refractivity contribution is 7.98. The summed E-state index contributed by atoms with van der Waals surface area (Å²) in [4.78, 5) is 15.2. The summed E-state index contributed by atoms with van der Waals surface area (Å²) in [6, 6.07) is 0. The van der Waals surface area contributed by atoms with Crippen LogP contribution in [0.2, 0.25) is 0 Å². The molecular formula is C13H25N7S. The SMILES string of the molecule is CSCCCCCNc1nc(NN)nc(N2CCCC2)n1. The summed E-state index contributed by atoms with van der Waals surface area (Å²) in [6.07, 6.45) is 8.13. The van der Waals surface area contributed by atoms with Crippen molar-refractivity contribution in [3.8, 4) is 0 Å². The number of nitrogens with one attached hydrogen (secondary N) is 2. The molecule has 21 heavy (non-hydrogen) atoms. The zero-order chi connectivity index (χ0) is 14.9. The Labute approximate surface area is 130 Å².